The molecule has 1 aromatic heterocycles. The van der Waals surface area contributed by atoms with E-state index in [9.17, 15) is 22.4 Å². The van der Waals surface area contributed by atoms with Gasteiger partial charge < -0.3 is 15.4 Å². The van der Waals surface area contributed by atoms with Gasteiger partial charge in [0.05, 0.1) is 16.9 Å². The summed E-state index contributed by atoms with van der Waals surface area (Å²) in [6.45, 7) is 1.46. The molecule has 0 fully saturated rings. The highest BCUT2D eigenvalue weighted by Gasteiger charge is 2.26. The molecule has 1 amide bonds. The Kier molecular flexibility index (Phi) is 8.48. The van der Waals surface area contributed by atoms with E-state index < -0.39 is 27.5 Å². The zero-order valence-electron chi connectivity index (χ0n) is 19.5. The first-order chi connectivity index (χ1) is 16.9. The summed E-state index contributed by atoms with van der Waals surface area (Å²) in [5.74, 6) is -1.40. The second-order valence-electron chi connectivity index (χ2n) is 7.40. The van der Waals surface area contributed by atoms with E-state index in [0.29, 0.717) is 3.57 Å². The lowest BCUT2D eigenvalue weighted by atomic mass is 10.1. The summed E-state index contributed by atoms with van der Waals surface area (Å²) in [6.07, 6.45) is 0. The van der Waals surface area contributed by atoms with Gasteiger partial charge in [-0.2, -0.15) is 8.42 Å². The highest BCUT2D eigenvalue weighted by molar-refractivity contribution is 14.1. The van der Waals surface area contributed by atoms with E-state index in [1.807, 2.05) is 22.6 Å². The van der Waals surface area contributed by atoms with Crippen molar-refractivity contribution in [2.24, 2.45) is 7.05 Å². The Morgan fingerprint density at radius 3 is 2.47 bits per heavy atom. The fourth-order valence-corrected chi connectivity index (χ4v) is 4.50. The van der Waals surface area contributed by atoms with E-state index in [0.717, 1.165) is 0 Å². The Morgan fingerprint density at radius 2 is 1.86 bits per heavy atom. The molecule has 3 rings (SSSR count). The minimum absolute atomic E-state index is 0.00537. The van der Waals surface area contributed by atoms with E-state index in [-0.39, 0.29) is 44.8 Å². The molecule has 0 spiro atoms. The van der Waals surface area contributed by atoms with Crippen LogP contribution in [-0.4, -0.2) is 33.0 Å². The number of aromatic nitrogens is 1. The van der Waals surface area contributed by atoms with Gasteiger partial charge in [-0.15, -0.1) is 0 Å². The minimum Gasteiger partial charge on any atom is -0.454 e. The van der Waals surface area contributed by atoms with E-state index in [4.69, 9.17) is 16.3 Å². The van der Waals surface area contributed by atoms with Crippen molar-refractivity contribution in [1.82, 2.24) is 14.6 Å². The Labute approximate surface area is 225 Å². The molecule has 0 radical (unpaired) electrons. The maximum atomic E-state index is 14.6. The van der Waals surface area contributed by atoms with Crippen molar-refractivity contribution in [2.45, 2.75) is 6.92 Å². The third-order valence-corrected chi connectivity index (χ3v) is 7.18. The van der Waals surface area contributed by atoms with Crippen molar-refractivity contribution in [3.63, 3.8) is 0 Å². The van der Waals surface area contributed by atoms with Crippen molar-refractivity contribution in [3.05, 3.63) is 72.3 Å². The van der Waals surface area contributed by atoms with Gasteiger partial charge in [0.25, 0.3) is 21.7 Å². The van der Waals surface area contributed by atoms with E-state index >= 15 is 0 Å². The standard InChI is InChI=1S/C22H22ClFIN5O5S/c1-11-19(35-16-7-5-6-15(18(16)23)29-36(33,34)27-3)17(21(31)26-2)20(30(4)22(11)32)28-14-9-8-12(25)10-13(14)24/h5-10,27-29H,1-4H3,(H,26,31). The molecule has 3 aromatic rings. The Hall–Kier alpha value is -2.88. The average molecular weight is 650 g/mol. The first-order valence-corrected chi connectivity index (χ1v) is 13.2. The molecule has 0 saturated carbocycles. The van der Waals surface area contributed by atoms with Gasteiger partial charge in [0.2, 0.25) is 0 Å². The highest BCUT2D eigenvalue weighted by atomic mass is 127. The molecule has 0 aliphatic heterocycles. The van der Waals surface area contributed by atoms with E-state index in [1.54, 1.807) is 6.07 Å². The van der Waals surface area contributed by atoms with Crippen LogP contribution in [-0.2, 0) is 17.3 Å². The van der Waals surface area contributed by atoms with Crippen molar-refractivity contribution in [2.75, 3.05) is 24.1 Å². The molecule has 36 heavy (non-hydrogen) atoms. The Balaban J connectivity index is 2.21. The van der Waals surface area contributed by atoms with Crippen LogP contribution in [0.25, 0.3) is 0 Å². The molecule has 192 valence electrons. The van der Waals surface area contributed by atoms with Crippen LogP contribution < -0.4 is 30.4 Å². The molecule has 0 saturated heterocycles. The molecule has 0 aliphatic carbocycles. The van der Waals surface area contributed by atoms with Gasteiger partial charge >= 0.3 is 0 Å². The lowest BCUT2D eigenvalue weighted by Gasteiger charge is -2.21. The van der Waals surface area contributed by atoms with Gasteiger partial charge in [0.1, 0.15) is 28.0 Å². The summed E-state index contributed by atoms with van der Waals surface area (Å²) >= 11 is 8.35. The Bertz CT molecular complexity index is 1510. The molecular formula is C22H22ClFIN5O5S. The normalized spacial score (nSPS) is 11.2. The minimum atomic E-state index is -3.88. The SMILES string of the molecule is CNC(=O)c1c(Oc2cccc(NS(=O)(=O)NC)c2Cl)c(C)c(=O)n(C)c1Nc1ccc(I)cc1F. The smallest absolute Gasteiger partial charge is 0.298 e. The number of benzene rings is 2. The first-order valence-electron chi connectivity index (χ1n) is 10.3. The topological polar surface area (TPSA) is 131 Å². The third kappa shape index (κ3) is 5.74. The van der Waals surface area contributed by atoms with Gasteiger partial charge in [-0.25, -0.2) is 9.11 Å². The van der Waals surface area contributed by atoms with Gasteiger partial charge in [0, 0.05) is 24.7 Å². The molecule has 1 heterocycles. The predicted octanol–water partition coefficient (Wildman–Crippen LogP) is 3.86. The molecule has 10 nitrogen and oxygen atoms in total. The number of rotatable bonds is 8. The van der Waals surface area contributed by atoms with Crippen LogP contribution in [0.15, 0.2) is 41.2 Å². The van der Waals surface area contributed by atoms with Crippen LogP contribution in [0.3, 0.4) is 0 Å². The van der Waals surface area contributed by atoms with Gasteiger partial charge in [-0.1, -0.05) is 17.7 Å². The van der Waals surface area contributed by atoms with Crippen LogP contribution in [0.5, 0.6) is 11.5 Å². The lowest BCUT2D eigenvalue weighted by Crippen LogP contribution is -2.29. The maximum Gasteiger partial charge on any atom is 0.298 e. The number of nitrogens with zero attached hydrogens (tertiary/aromatic N) is 1. The van der Waals surface area contributed by atoms with Gasteiger partial charge in [-0.3, -0.25) is 18.9 Å². The fraction of sp³-hybridized carbons (Fsp3) is 0.182. The number of carbonyl (C=O) groups excluding carboxylic acids is 1. The first kappa shape index (κ1) is 27.7. The summed E-state index contributed by atoms with van der Waals surface area (Å²) in [5.41, 5.74) is -0.499. The van der Waals surface area contributed by atoms with E-state index in [2.05, 4.69) is 20.1 Å². The summed E-state index contributed by atoms with van der Waals surface area (Å²) in [6, 6.07) is 8.76. The number of nitrogens with one attached hydrogen (secondary N) is 4. The number of anilines is 3. The average Bonchev–Trinajstić information content (AvgIpc) is 2.83. The second kappa shape index (κ2) is 11.0. The largest absolute Gasteiger partial charge is 0.454 e. The van der Waals surface area contributed by atoms with Crippen LogP contribution in [0, 0.1) is 16.3 Å². The van der Waals surface area contributed by atoms with Gasteiger partial charge in [-0.05, 0) is 59.8 Å². The fourth-order valence-electron chi connectivity index (χ4n) is 3.22. The second-order valence-corrected chi connectivity index (χ2v) is 10.6. The van der Waals surface area contributed by atoms with Gasteiger partial charge in [0.15, 0.2) is 5.75 Å². The van der Waals surface area contributed by atoms with Crippen LogP contribution in [0.4, 0.5) is 21.6 Å². The Morgan fingerprint density at radius 1 is 1.17 bits per heavy atom. The predicted molar refractivity (Wildman–Crippen MR) is 145 cm³/mol. The number of hydrogen-bond donors (Lipinski definition) is 4. The maximum absolute atomic E-state index is 14.6. The molecular weight excluding hydrogens is 628 g/mol. The summed E-state index contributed by atoms with van der Waals surface area (Å²) in [4.78, 5) is 26.0. The third-order valence-electron chi connectivity index (χ3n) is 5.09. The number of ether oxygens (including phenoxy) is 1. The van der Waals surface area contributed by atoms with Crippen molar-refractivity contribution < 1.29 is 22.3 Å². The molecule has 14 heteroatoms. The van der Waals surface area contributed by atoms with E-state index in [1.165, 1.54) is 63.0 Å². The molecule has 4 N–H and O–H groups in total. The van der Waals surface area contributed by atoms with Crippen LogP contribution >= 0.6 is 34.2 Å². The van der Waals surface area contributed by atoms with Crippen LogP contribution in [0.2, 0.25) is 5.02 Å². The summed E-state index contributed by atoms with van der Waals surface area (Å²) in [7, 11) is 0.160. The van der Waals surface area contributed by atoms with Crippen molar-refractivity contribution in [1.29, 1.82) is 0 Å². The molecule has 0 atom stereocenters. The summed E-state index contributed by atoms with van der Waals surface area (Å²) in [5, 5.41) is 5.20. The molecule has 0 unspecified atom stereocenters. The van der Waals surface area contributed by atoms with Crippen LogP contribution in [0.1, 0.15) is 15.9 Å². The van der Waals surface area contributed by atoms with Crippen molar-refractivity contribution in [3.8, 4) is 11.5 Å². The molecule has 0 bridgehead atoms. The number of pyridine rings is 1. The monoisotopic (exact) mass is 649 g/mol. The molecule has 0 aliphatic rings. The lowest BCUT2D eigenvalue weighted by molar-refractivity contribution is 0.0961. The number of halogens is 3. The number of carbonyl (C=O) groups is 1. The molecule has 2 aromatic carbocycles. The highest BCUT2D eigenvalue weighted by Crippen LogP contribution is 2.39. The zero-order chi connectivity index (χ0) is 26.8. The quantitative estimate of drug-likeness (QED) is 0.274. The van der Waals surface area contributed by atoms with Crippen molar-refractivity contribution >= 4 is 67.5 Å². The zero-order valence-corrected chi connectivity index (χ0v) is 23.2. The summed E-state index contributed by atoms with van der Waals surface area (Å²) < 4.78 is 50.6. The number of hydrogen-bond acceptors (Lipinski definition) is 6. The number of amides is 1.